The predicted molar refractivity (Wildman–Crippen MR) is 73.7 cm³/mol. The summed E-state index contributed by atoms with van der Waals surface area (Å²) in [4.78, 5) is 37.3. The van der Waals surface area contributed by atoms with Gasteiger partial charge in [0.05, 0.1) is 23.1 Å². The van der Waals surface area contributed by atoms with Crippen molar-refractivity contribution in [2.75, 3.05) is 4.90 Å². The first kappa shape index (κ1) is 12.6. The average Bonchev–Trinajstić information content (AvgIpc) is 3.13. The number of carbonyl (C=O) groups is 3. The van der Waals surface area contributed by atoms with Crippen LogP contribution in [0.5, 0.6) is 0 Å². The number of carboxylic acids is 1. The lowest BCUT2D eigenvalue weighted by Crippen LogP contribution is -2.32. The van der Waals surface area contributed by atoms with Gasteiger partial charge in [-0.1, -0.05) is 0 Å². The van der Waals surface area contributed by atoms with E-state index in [-0.39, 0.29) is 29.2 Å². The van der Waals surface area contributed by atoms with E-state index >= 15 is 0 Å². The van der Waals surface area contributed by atoms with Crippen LogP contribution in [0.25, 0.3) is 0 Å². The van der Waals surface area contributed by atoms with Crippen LogP contribution in [0.2, 0.25) is 0 Å². The summed E-state index contributed by atoms with van der Waals surface area (Å²) in [6, 6.07) is 5.95. The van der Waals surface area contributed by atoms with Gasteiger partial charge in [-0.2, -0.15) is 0 Å². The number of carboxylic acid groups (broad SMARTS) is 1. The fraction of sp³-hybridized carbons (Fsp3) is 0.438. The van der Waals surface area contributed by atoms with Crippen LogP contribution in [-0.2, 0) is 9.59 Å². The van der Waals surface area contributed by atoms with E-state index in [1.165, 1.54) is 17.0 Å². The Hall–Kier alpha value is -2.17. The molecule has 0 unspecified atom stereocenters. The maximum atomic E-state index is 12.6. The molecule has 1 aromatic rings. The SMILES string of the molecule is O=C(O)c1ccc(N2C(=O)[C@@H]3[C@H]4CC[C@@H](C4)[C@@H]3C2=O)cc1. The Morgan fingerprint density at radius 1 is 1.00 bits per heavy atom. The third-order valence-corrected chi connectivity index (χ3v) is 5.30. The van der Waals surface area contributed by atoms with Crippen molar-refractivity contribution in [2.24, 2.45) is 23.7 Å². The lowest BCUT2D eigenvalue weighted by atomic mass is 9.81. The molecule has 2 bridgehead atoms. The summed E-state index contributed by atoms with van der Waals surface area (Å²) >= 11 is 0. The monoisotopic (exact) mass is 285 g/mol. The van der Waals surface area contributed by atoms with Crippen LogP contribution in [0.1, 0.15) is 29.6 Å². The summed E-state index contributed by atoms with van der Waals surface area (Å²) in [5.74, 6) is -0.777. The molecule has 4 rings (SSSR count). The molecule has 21 heavy (non-hydrogen) atoms. The fourth-order valence-corrected chi connectivity index (χ4v) is 4.42. The third kappa shape index (κ3) is 1.60. The molecule has 0 spiro atoms. The first-order valence-electron chi connectivity index (χ1n) is 7.29. The Bertz CT molecular complexity index is 623. The Kier molecular flexibility index (Phi) is 2.49. The molecule has 1 saturated heterocycles. The van der Waals surface area contributed by atoms with Crippen LogP contribution < -0.4 is 4.90 Å². The first-order valence-corrected chi connectivity index (χ1v) is 7.29. The van der Waals surface area contributed by atoms with Gasteiger partial charge in [-0.25, -0.2) is 4.79 Å². The molecule has 108 valence electrons. The quantitative estimate of drug-likeness (QED) is 0.842. The van der Waals surface area contributed by atoms with Gasteiger partial charge in [0.1, 0.15) is 0 Å². The Labute approximate surface area is 121 Å². The molecule has 0 radical (unpaired) electrons. The minimum absolute atomic E-state index is 0.0970. The van der Waals surface area contributed by atoms with Gasteiger partial charge < -0.3 is 5.11 Å². The van der Waals surface area contributed by atoms with Crippen LogP contribution in [0.15, 0.2) is 24.3 Å². The van der Waals surface area contributed by atoms with Crippen molar-refractivity contribution < 1.29 is 19.5 Å². The predicted octanol–water partition coefficient (Wildman–Crippen LogP) is 1.92. The minimum atomic E-state index is -1.02. The highest BCUT2D eigenvalue weighted by atomic mass is 16.4. The molecule has 1 N–H and O–H groups in total. The number of imide groups is 1. The zero-order chi connectivity index (χ0) is 14.7. The minimum Gasteiger partial charge on any atom is -0.478 e. The molecule has 3 fully saturated rings. The molecular weight excluding hydrogens is 270 g/mol. The molecule has 1 aromatic carbocycles. The maximum Gasteiger partial charge on any atom is 0.335 e. The molecule has 2 saturated carbocycles. The Morgan fingerprint density at radius 3 is 2.00 bits per heavy atom. The van der Waals surface area contributed by atoms with Gasteiger partial charge in [0.2, 0.25) is 11.8 Å². The maximum absolute atomic E-state index is 12.6. The van der Waals surface area contributed by atoms with Crippen molar-refractivity contribution in [2.45, 2.75) is 19.3 Å². The molecule has 2 aliphatic carbocycles. The van der Waals surface area contributed by atoms with Gasteiger partial charge in [-0.15, -0.1) is 0 Å². The number of carbonyl (C=O) groups excluding carboxylic acids is 2. The molecule has 5 nitrogen and oxygen atoms in total. The third-order valence-electron chi connectivity index (χ3n) is 5.30. The fourth-order valence-electron chi connectivity index (χ4n) is 4.42. The first-order chi connectivity index (χ1) is 10.1. The highest BCUT2D eigenvalue weighted by Crippen LogP contribution is 2.56. The molecule has 0 aromatic heterocycles. The van der Waals surface area contributed by atoms with Crippen molar-refractivity contribution in [3.05, 3.63) is 29.8 Å². The molecule has 1 aliphatic heterocycles. The normalized spacial score (nSPS) is 33.6. The lowest BCUT2D eigenvalue weighted by Gasteiger charge is -2.19. The van der Waals surface area contributed by atoms with Crippen molar-refractivity contribution in [1.82, 2.24) is 0 Å². The van der Waals surface area contributed by atoms with Gasteiger partial charge in [0, 0.05) is 0 Å². The smallest absolute Gasteiger partial charge is 0.335 e. The van der Waals surface area contributed by atoms with Crippen molar-refractivity contribution >= 4 is 23.5 Å². The number of hydrogen-bond donors (Lipinski definition) is 1. The van der Waals surface area contributed by atoms with Gasteiger partial charge in [0.25, 0.3) is 0 Å². The highest BCUT2D eigenvalue weighted by molar-refractivity contribution is 6.22. The molecule has 2 amide bonds. The van der Waals surface area contributed by atoms with Gasteiger partial charge in [-0.05, 0) is 55.4 Å². The number of fused-ring (bicyclic) bond motifs is 5. The van der Waals surface area contributed by atoms with E-state index in [1.807, 2.05) is 0 Å². The molecule has 1 heterocycles. The van der Waals surface area contributed by atoms with Crippen LogP contribution >= 0.6 is 0 Å². The van der Waals surface area contributed by atoms with Crippen LogP contribution in [0.4, 0.5) is 5.69 Å². The highest BCUT2D eigenvalue weighted by Gasteiger charge is 2.61. The Balaban J connectivity index is 1.68. The van der Waals surface area contributed by atoms with Crippen molar-refractivity contribution in [3.8, 4) is 0 Å². The summed E-state index contributed by atoms with van der Waals surface area (Å²) < 4.78 is 0. The van der Waals surface area contributed by atoms with E-state index in [2.05, 4.69) is 0 Å². The Morgan fingerprint density at radius 2 is 1.52 bits per heavy atom. The van der Waals surface area contributed by atoms with E-state index in [0.29, 0.717) is 17.5 Å². The zero-order valence-electron chi connectivity index (χ0n) is 11.4. The van der Waals surface area contributed by atoms with Crippen LogP contribution in [0, 0.1) is 23.7 Å². The summed E-state index contributed by atoms with van der Waals surface area (Å²) in [5.41, 5.74) is 0.641. The summed E-state index contributed by atoms with van der Waals surface area (Å²) in [6.07, 6.45) is 3.12. The van der Waals surface area contributed by atoms with E-state index in [9.17, 15) is 14.4 Å². The second-order valence-electron chi connectivity index (χ2n) is 6.25. The number of hydrogen-bond acceptors (Lipinski definition) is 3. The molecule has 3 aliphatic rings. The second-order valence-corrected chi connectivity index (χ2v) is 6.25. The number of aromatic carboxylic acids is 1. The van der Waals surface area contributed by atoms with E-state index < -0.39 is 5.97 Å². The zero-order valence-corrected chi connectivity index (χ0v) is 11.4. The van der Waals surface area contributed by atoms with Gasteiger partial charge in [-0.3, -0.25) is 14.5 Å². The van der Waals surface area contributed by atoms with Crippen molar-refractivity contribution in [1.29, 1.82) is 0 Å². The van der Waals surface area contributed by atoms with E-state index in [1.54, 1.807) is 12.1 Å². The largest absolute Gasteiger partial charge is 0.478 e. The number of rotatable bonds is 2. The second kappa shape index (κ2) is 4.16. The van der Waals surface area contributed by atoms with E-state index in [0.717, 1.165) is 19.3 Å². The topological polar surface area (TPSA) is 74.7 Å². The molecular formula is C16H15NO4. The average molecular weight is 285 g/mol. The summed E-state index contributed by atoms with van der Waals surface area (Å²) in [6.45, 7) is 0. The molecule has 5 heteroatoms. The number of amides is 2. The van der Waals surface area contributed by atoms with Gasteiger partial charge >= 0.3 is 5.97 Å². The van der Waals surface area contributed by atoms with Crippen molar-refractivity contribution in [3.63, 3.8) is 0 Å². The van der Waals surface area contributed by atoms with Crippen LogP contribution in [-0.4, -0.2) is 22.9 Å². The summed E-state index contributed by atoms with van der Waals surface area (Å²) in [7, 11) is 0. The van der Waals surface area contributed by atoms with Crippen LogP contribution in [0.3, 0.4) is 0 Å². The molecule has 4 atom stereocenters. The standard InChI is InChI=1S/C16H15NO4/c18-14-12-9-1-2-10(7-9)13(12)15(19)17(14)11-5-3-8(4-6-11)16(20)21/h3-6,9-10,12-13H,1-2,7H2,(H,20,21)/t9-,10-,12-,13+/m0/s1. The lowest BCUT2D eigenvalue weighted by molar-refractivity contribution is -0.123. The summed E-state index contributed by atoms with van der Waals surface area (Å²) in [5, 5.41) is 8.91. The number of anilines is 1. The van der Waals surface area contributed by atoms with E-state index in [4.69, 9.17) is 5.11 Å². The number of nitrogens with zero attached hydrogens (tertiary/aromatic N) is 1. The van der Waals surface area contributed by atoms with Gasteiger partial charge in [0.15, 0.2) is 0 Å². The number of benzene rings is 1.